The van der Waals surface area contributed by atoms with Gasteiger partial charge < -0.3 is 14.8 Å². The minimum atomic E-state index is 0.664. The van der Waals surface area contributed by atoms with Gasteiger partial charge in [0.2, 0.25) is 0 Å². The molecule has 0 aromatic heterocycles. The van der Waals surface area contributed by atoms with E-state index in [1.807, 2.05) is 19.1 Å². The zero-order valence-corrected chi connectivity index (χ0v) is 13.2. The van der Waals surface area contributed by atoms with E-state index in [2.05, 4.69) is 25.2 Å². The third-order valence-electron chi connectivity index (χ3n) is 3.17. The van der Waals surface area contributed by atoms with Crippen LogP contribution in [0.2, 0.25) is 0 Å². The summed E-state index contributed by atoms with van der Waals surface area (Å²) in [6, 6.07) is 6.12. The molecule has 0 saturated heterocycles. The number of unbranched alkanes of at least 4 members (excludes halogenated alkanes) is 3. The van der Waals surface area contributed by atoms with Crippen molar-refractivity contribution in [2.75, 3.05) is 19.8 Å². The Kier molecular flexibility index (Phi) is 8.88. The second kappa shape index (κ2) is 10.6. The Hall–Kier alpha value is -1.22. The van der Waals surface area contributed by atoms with Crippen molar-refractivity contribution in [3.05, 3.63) is 23.8 Å². The monoisotopic (exact) mass is 279 g/mol. The predicted octanol–water partition coefficient (Wildman–Crippen LogP) is 4.15. The highest BCUT2D eigenvalue weighted by atomic mass is 16.5. The second-order valence-corrected chi connectivity index (χ2v) is 4.87. The predicted molar refractivity (Wildman–Crippen MR) is 84.6 cm³/mol. The Labute approximate surface area is 123 Å². The Morgan fingerprint density at radius 2 is 1.85 bits per heavy atom. The topological polar surface area (TPSA) is 30.5 Å². The molecule has 114 valence electrons. The summed E-state index contributed by atoms with van der Waals surface area (Å²) in [4.78, 5) is 0. The molecule has 1 N–H and O–H groups in total. The number of para-hydroxylation sites is 1. The van der Waals surface area contributed by atoms with Gasteiger partial charge in [0.15, 0.2) is 11.5 Å². The van der Waals surface area contributed by atoms with Crippen LogP contribution < -0.4 is 14.8 Å². The summed E-state index contributed by atoms with van der Waals surface area (Å²) in [6.45, 7) is 9.54. The highest BCUT2D eigenvalue weighted by Crippen LogP contribution is 2.31. The molecular weight excluding hydrogens is 250 g/mol. The van der Waals surface area contributed by atoms with Gasteiger partial charge in [-0.2, -0.15) is 0 Å². The first-order chi connectivity index (χ1) is 9.83. The molecule has 0 saturated carbocycles. The smallest absolute Gasteiger partial charge is 0.165 e. The maximum absolute atomic E-state index is 6.00. The number of hydrogen-bond donors (Lipinski definition) is 1. The maximum atomic E-state index is 6.00. The molecule has 0 aliphatic rings. The molecule has 0 amide bonds. The molecule has 1 aromatic carbocycles. The zero-order chi connectivity index (χ0) is 14.6. The average Bonchev–Trinajstić information content (AvgIpc) is 2.47. The molecule has 1 rings (SSSR count). The number of ether oxygens (including phenoxy) is 2. The molecule has 3 nitrogen and oxygen atoms in total. The van der Waals surface area contributed by atoms with Crippen molar-refractivity contribution in [2.45, 2.75) is 53.0 Å². The normalized spacial score (nSPS) is 10.6. The van der Waals surface area contributed by atoms with E-state index in [1.165, 1.54) is 24.8 Å². The first-order valence-electron chi connectivity index (χ1n) is 7.91. The van der Waals surface area contributed by atoms with Gasteiger partial charge in [-0.15, -0.1) is 0 Å². The van der Waals surface area contributed by atoms with Crippen LogP contribution in [0.15, 0.2) is 18.2 Å². The van der Waals surface area contributed by atoms with Crippen LogP contribution >= 0.6 is 0 Å². The van der Waals surface area contributed by atoms with E-state index in [9.17, 15) is 0 Å². The molecule has 20 heavy (non-hydrogen) atoms. The Balaban J connectivity index is 2.66. The van der Waals surface area contributed by atoms with Crippen LogP contribution in [0.1, 0.15) is 52.0 Å². The summed E-state index contributed by atoms with van der Waals surface area (Å²) < 4.78 is 11.7. The van der Waals surface area contributed by atoms with Gasteiger partial charge in [-0.05, 0) is 26.0 Å². The van der Waals surface area contributed by atoms with Gasteiger partial charge >= 0.3 is 0 Å². The van der Waals surface area contributed by atoms with Crippen LogP contribution in [0.3, 0.4) is 0 Å². The number of hydrogen-bond acceptors (Lipinski definition) is 3. The van der Waals surface area contributed by atoms with E-state index < -0.39 is 0 Å². The fraction of sp³-hybridized carbons (Fsp3) is 0.647. The summed E-state index contributed by atoms with van der Waals surface area (Å²) in [7, 11) is 0. The lowest BCUT2D eigenvalue weighted by Gasteiger charge is -2.16. The fourth-order valence-corrected chi connectivity index (χ4v) is 2.10. The van der Waals surface area contributed by atoms with Gasteiger partial charge in [0, 0.05) is 12.1 Å². The molecular formula is C17H29NO2. The van der Waals surface area contributed by atoms with Gasteiger partial charge in [-0.25, -0.2) is 0 Å². The maximum Gasteiger partial charge on any atom is 0.165 e. The van der Waals surface area contributed by atoms with Gasteiger partial charge in [0.05, 0.1) is 13.2 Å². The van der Waals surface area contributed by atoms with E-state index >= 15 is 0 Å². The standard InChI is InChI=1S/C17H29NO2/c1-4-7-8-9-13-20-17-15(14-18-5-2)11-10-12-16(17)19-6-3/h10-12,18H,4-9,13-14H2,1-3H3. The van der Waals surface area contributed by atoms with E-state index in [0.29, 0.717) is 6.61 Å². The summed E-state index contributed by atoms with van der Waals surface area (Å²) in [6.07, 6.45) is 4.87. The Bertz CT molecular complexity index is 366. The van der Waals surface area contributed by atoms with Crippen molar-refractivity contribution in [1.29, 1.82) is 0 Å². The fourth-order valence-electron chi connectivity index (χ4n) is 2.10. The van der Waals surface area contributed by atoms with Gasteiger partial charge in [-0.1, -0.05) is 45.2 Å². The molecule has 0 fully saturated rings. The second-order valence-electron chi connectivity index (χ2n) is 4.87. The molecule has 0 radical (unpaired) electrons. The largest absolute Gasteiger partial charge is 0.490 e. The summed E-state index contributed by atoms with van der Waals surface area (Å²) in [5.74, 6) is 1.77. The first kappa shape index (κ1) is 16.8. The molecule has 0 bridgehead atoms. The van der Waals surface area contributed by atoms with Crippen LogP contribution in [-0.2, 0) is 6.54 Å². The van der Waals surface area contributed by atoms with E-state index in [0.717, 1.165) is 37.6 Å². The summed E-state index contributed by atoms with van der Waals surface area (Å²) >= 11 is 0. The number of rotatable bonds is 11. The molecule has 1 aromatic rings. The van der Waals surface area contributed by atoms with Crippen LogP contribution in [0.4, 0.5) is 0 Å². The third kappa shape index (κ3) is 5.83. The van der Waals surface area contributed by atoms with E-state index in [-0.39, 0.29) is 0 Å². The quantitative estimate of drug-likeness (QED) is 0.617. The minimum absolute atomic E-state index is 0.664. The van der Waals surface area contributed by atoms with Crippen molar-refractivity contribution in [2.24, 2.45) is 0 Å². The first-order valence-corrected chi connectivity index (χ1v) is 7.91. The molecule has 0 spiro atoms. The van der Waals surface area contributed by atoms with Crippen molar-refractivity contribution in [1.82, 2.24) is 5.32 Å². The summed E-state index contributed by atoms with van der Waals surface area (Å²) in [5, 5.41) is 3.35. The SMILES string of the molecule is CCCCCCOc1c(CNCC)cccc1OCC. The highest BCUT2D eigenvalue weighted by Gasteiger charge is 2.10. The van der Waals surface area contributed by atoms with Crippen molar-refractivity contribution < 1.29 is 9.47 Å². The lowest BCUT2D eigenvalue weighted by Crippen LogP contribution is -2.13. The zero-order valence-electron chi connectivity index (χ0n) is 13.2. The van der Waals surface area contributed by atoms with Crippen LogP contribution in [0.5, 0.6) is 11.5 Å². The average molecular weight is 279 g/mol. The molecule has 0 aliphatic heterocycles. The Morgan fingerprint density at radius 1 is 1.00 bits per heavy atom. The van der Waals surface area contributed by atoms with Gasteiger partial charge in [0.1, 0.15) is 0 Å². The Morgan fingerprint density at radius 3 is 2.55 bits per heavy atom. The van der Waals surface area contributed by atoms with Gasteiger partial charge in [-0.3, -0.25) is 0 Å². The van der Waals surface area contributed by atoms with Crippen LogP contribution in [0.25, 0.3) is 0 Å². The van der Waals surface area contributed by atoms with E-state index in [1.54, 1.807) is 0 Å². The molecule has 0 unspecified atom stereocenters. The minimum Gasteiger partial charge on any atom is -0.490 e. The summed E-state index contributed by atoms with van der Waals surface area (Å²) in [5.41, 5.74) is 1.17. The molecule has 0 heterocycles. The van der Waals surface area contributed by atoms with Crippen LogP contribution in [0, 0.1) is 0 Å². The number of benzene rings is 1. The lowest BCUT2D eigenvalue weighted by molar-refractivity contribution is 0.267. The third-order valence-corrected chi connectivity index (χ3v) is 3.17. The number of nitrogens with one attached hydrogen (secondary N) is 1. The van der Waals surface area contributed by atoms with Crippen LogP contribution in [-0.4, -0.2) is 19.8 Å². The van der Waals surface area contributed by atoms with Gasteiger partial charge in [0.25, 0.3) is 0 Å². The lowest BCUT2D eigenvalue weighted by atomic mass is 10.1. The van der Waals surface area contributed by atoms with E-state index in [4.69, 9.17) is 9.47 Å². The molecule has 3 heteroatoms. The molecule has 0 atom stereocenters. The molecule has 0 aliphatic carbocycles. The van der Waals surface area contributed by atoms with Crippen molar-refractivity contribution in [3.63, 3.8) is 0 Å². The van der Waals surface area contributed by atoms with Crippen molar-refractivity contribution in [3.8, 4) is 11.5 Å². The van der Waals surface area contributed by atoms with Crippen molar-refractivity contribution >= 4 is 0 Å². The highest BCUT2D eigenvalue weighted by molar-refractivity contribution is 5.46.